The number of amides is 3. The van der Waals surface area contributed by atoms with Crippen LogP contribution in [0.5, 0.6) is 0 Å². The molecule has 6 nitrogen and oxygen atoms in total. The Morgan fingerprint density at radius 3 is 2.47 bits per heavy atom. The fourth-order valence-corrected chi connectivity index (χ4v) is 5.18. The van der Waals surface area contributed by atoms with Gasteiger partial charge in [-0.25, -0.2) is 0 Å². The second-order valence-electron chi connectivity index (χ2n) is 8.26. The van der Waals surface area contributed by atoms with Gasteiger partial charge in [0.25, 0.3) is 0 Å². The SMILES string of the molecule is O=C(CCc1ccccc1)NC1CCN(C(=O)CCN2C(=O)CSc3ccccc32)CC1. The molecule has 0 radical (unpaired) electrons. The summed E-state index contributed by atoms with van der Waals surface area (Å²) in [5.74, 6) is 0.611. The third-order valence-corrected chi connectivity index (χ3v) is 7.10. The Balaban J connectivity index is 1.19. The molecule has 168 valence electrons. The van der Waals surface area contributed by atoms with Crippen LogP contribution in [-0.4, -0.2) is 54.1 Å². The van der Waals surface area contributed by atoms with E-state index in [0.29, 0.717) is 38.2 Å². The smallest absolute Gasteiger partial charge is 0.237 e. The summed E-state index contributed by atoms with van der Waals surface area (Å²) in [7, 11) is 0. The van der Waals surface area contributed by atoms with Crippen LogP contribution < -0.4 is 10.2 Å². The van der Waals surface area contributed by atoms with E-state index < -0.39 is 0 Å². The summed E-state index contributed by atoms with van der Waals surface area (Å²) in [6.07, 6.45) is 3.07. The number of rotatable bonds is 7. The minimum absolute atomic E-state index is 0.0541. The Kier molecular flexibility index (Phi) is 7.47. The summed E-state index contributed by atoms with van der Waals surface area (Å²) in [5.41, 5.74) is 2.06. The van der Waals surface area contributed by atoms with Crippen LogP contribution in [0.4, 0.5) is 5.69 Å². The van der Waals surface area contributed by atoms with Crippen molar-refractivity contribution in [3.63, 3.8) is 0 Å². The van der Waals surface area contributed by atoms with Gasteiger partial charge in [-0.2, -0.15) is 0 Å². The Morgan fingerprint density at radius 1 is 0.969 bits per heavy atom. The van der Waals surface area contributed by atoms with Gasteiger partial charge in [0, 0.05) is 43.4 Å². The van der Waals surface area contributed by atoms with E-state index in [-0.39, 0.29) is 23.8 Å². The normalized spacial score (nSPS) is 16.6. The molecule has 2 aromatic carbocycles. The first-order chi connectivity index (χ1) is 15.6. The number of para-hydroxylation sites is 1. The maximum Gasteiger partial charge on any atom is 0.237 e. The van der Waals surface area contributed by atoms with Gasteiger partial charge in [0.1, 0.15) is 0 Å². The lowest BCUT2D eigenvalue weighted by Gasteiger charge is -2.33. The molecule has 0 saturated carbocycles. The first kappa shape index (κ1) is 22.4. The molecule has 1 N–H and O–H groups in total. The quantitative estimate of drug-likeness (QED) is 0.702. The lowest BCUT2D eigenvalue weighted by Crippen LogP contribution is -2.47. The molecule has 1 fully saturated rings. The average Bonchev–Trinajstić information content (AvgIpc) is 2.83. The van der Waals surface area contributed by atoms with E-state index in [2.05, 4.69) is 5.32 Å². The summed E-state index contributed by atoms with van der Waals surface area (Å²) < 4.78 is 0. The average molecular weight is 452 g/mol. The number of nitrogens with zero attached hydrogens (tertiary/aromatic N) is 2. The van der Waals surface area contributed by atoms with Crippen molar-refractivity contribution in [1.29, 1.82) is 0 Å². The summed E-state index contributed by atoms with van der Waals surface area (Å²) in [5, 5.41) is 3.12. The number of hydrogen-bond donors (Lipinski definition) is 1. The van der Waals surface area contributed by atoms with E-state index in [1.54, 1.807) is 16.7 Å². The number of thioether (sulfide) groups is 1. The van der Waals surface area contributed by atoms with Gasteiger partial charge in [-0.1, -0.05) is 42.5 Å². The number of carbonyl (C=O) groups is 3. The van der Waals surface area contributed by atoms with Crippen molar-refractivity contribution in [2.24, 2.45) is 0 Å². The molecular weight excluding hydrogens is 422 g/mol. The van der Waals surface area contributed by atoms with Gasteiger partial charge in [-0.15, -0.1) is 11.8 Å². The highest BCUT2D eigenvalue weighted by molar-refractivity contribution is 8.00. The molecule has 0 aliphatic carbocycles. The molecule has 7 heteroatoms. The van der Waals surface area contributed by atoms with E-state index in [4.69, 9.17) is 0 Å². The van der Waals surface area contributed by atoms with Gasteiger partial charge in [-0.05, 0) is 37.0 Å². The van der Waals surface area contributed by atoms with Crippen molar-refractivity contribution in [2.75, 3.05) is 30.3 Å². The predicted octanol–water partition coefficient (Wildman–Crippen LogP) is 3.26. The van der Waals surface area contributed by atoms with Gasteiger partial charge in [0.2, 0.25) is 17.7 Å². The van der Waals surface area contributed by atoms with E-state index in [1.807, 2.05) is 59.5 Å². The van der Waals surface area contributed by atoms with Crippen molar-refractivity contribution in [1.82, 2.24) is 10.2 Å². The van der Waals surface area contributed by atoms with Crippen LogP contribution in [0, 0.1) is 0 Å². The molecule has 0 unspecified atom stereocenters. The molecule has 32 heavy (non-hydrogen) atoms. The summed E-state index contributed by atoms with van der Waals surface area (Å²) in [4.78, 5) is 42.1. The maximum absolute atomic E-state index is 12.7. The van der Waals surface area contributed by atoms with Crippen molar-refractivity contribution < 1.29 is 14.4 Å². The second-order valence-corrected chi connectivity index (χ2v) is 9.28. The number of anilines is 1. The number of nitrogens with one attached hydrogen (secondary N) is 1. The molecule has 4 rings (SSSR count). The Hall–Kier alpha value is -2.80. The zero-order valence-electron chi connectivity index (χ0n) is 18.2. The maximum atomic E-state index is 12.7. The lowest BCUT2D eigenvalue weighted by atomic mass is 10.0. The highest BCUT2D eigenvalue weighted by Gasteiger charge is 2.27. The molecule has 0 bridgehead atoms. The molecule has 1 saturated heterocycles. The van der Waals surface area contributed by atoms with Crippen molar-refractivity contribution >= 4 is 35.2 Å². The van der Waals surface area contributed by atoms with Crippen LogP contribution >= 0.6 is 11.8 Å². The van der Waals surface area contributed by atoms with Gasteiger partial charge in [-0.3, -0.25) is 14.4 Å². The summed E-state index contributed by atoms with van der Waals surface area (Å²) in [6, 6.07) is 18.0. The Bertz CT molecular complexity index is 958. The van der Waals surface area contributed by atoms with E-state index >= 15 is 0 Å². The fourth-order valence-electron chi connectivity index (χ4n) is 4.24. The van der Waals surface area contributed by atoms with Crippen LogP contribution in [0.3, 0.4) is 0 Å². The number of aryl methyl sites for hydroxylation is 1. The standard InChI is InChI=1S/C25H29N3O3S/c29-23(11-10-19-6-2-1-3-7-19)26-20-12-15-27(16-13-20)24(30)14-17-28-21-8-4-5-9-22(21)32-18-25(28)31/h1-9,20H,10-18H2,(H,26,29). The fraction of sp³-hybridized carbons (Fsp3) is 0.400. The van der Waals surface area contributed by atoms with Crippen LogP contribution in [0.25, 0.3) is 0 Å². The second kappa shape index (κ2) is 10.7. The topological polar surface area (TPSA) is 69.7 Å². The minimum Gasteiger partial charge on any atom is -0.353 e. The van der Waals surface area contributed by atoms with Crippen molar-refractivity contribution in [3.05, 3.63) is 60.2 Å². The van der Waals surface area contributed by atoms with Crippen molar-refractivity contribution in [3.8, 4) is 0 Å². The number of hydrogen-bond acceptors (Lipinski definition) is 4. The summed E-state index contributed by atoms with van der Waals surface area (Å²) in [6.45, 7) is 1.69. The molecular formula is C25H29N3O3S. The highest BCUT2D eigenvalue weighted by Crippen LogP contribution is 2.34. The monoisotopic (exact) mass is 451 g/mol. The number of carbonyl (C=O) groups excluding carboxylic acids is 3. The molecule has 3 amide bonds. The number of likely N-dealkylation sites (tertiary alicyclic amines) is 1. The van der Waals surface area contributed by atoms with Gasteiger partial charge in [0.15, 0.2) is 0 Å². The molecule has 0 spiro atoms. The summed E-state index contributed by atoms with van der Waals surface area (Å²) >= 11 is 1.55. The Morgan fingerprint density at radius 2 is 1.69 bits per heavy atom. The number of benzene rings is 2. The first-order valence-corrected chi connectivity index (χ1v) is 12.2. The van der Waals surface area contributed by atoms with Gasteiger partial charge >= 0.3 is 0 Å². The number of fused-ring (bicyclic) bond motifs is 1. The van der Waals surface area contributed by atoms with Crippen molar-refractivity contribution in [2.45, 2.75) is 43.0 Å². The first-order valence-electron chi connectivity index (χ1n) is 11.2. The molecule has 2 aliphatic heterocycles. The van der Waals surface area contributed by atoms with Crippen LogP contribution in [-0.2, 0) is 20.8 Å². The zero-order valence-corrected chi connectivity index (χ0v) is 19.0. The lowest BCUT2D eigenvalue weighted by molar-refractivity contribution is -0.132. The zero-order chi connectivity index (χ0) is 22.3. The van der Waals surface area contributed by atoms with Crippen LogP contribution in [0.2, 0.25) is 0 Å². The molecule has 2 aliphatic rings. The van der Waals surface area contributed by atoms with Crippen LogP contribution in [0.15, 0.2) is 59.5 Å². The largest absolute Gasteiger partial charge is 0.353 e. The molecule has 0 aromatic heterocycles. The van der Waals surface area contributed by atoms with Gasteiger partial charge in [0.05, 0.1) is 11.4 Å². The molecule has 2 aromatic rings. The number of piperidine rings is 1. The minimum atomic E-state index is 0.0541. The van der Waals surface area contributed by atoms with E-state index in [0.717, 1.165) is 35.4 Å². The third kappa shape index (κ3) is 5.71. The van der Waals surface area contributed by atoms with E-state index in [1.165, 1.54) is 0 Å². The highest BCUT2D eigenvalue weighted by atomic mass is 32.2. The van der Waals surface area contributed by atoms with Gasteiger partial charge < -0.3 is 15.1 Å². The predicted molar refractivity (Wildman–Crippen MR) is 127 cm³/mol. The Labute approximate surface area is 193 Å². The van der Waals surface area contributed by atoms with Crippen LogP contribution in [0.1, 0.15) is 31.2 Å². The third-order valence-electron chi connectivity index (χ3n) is 6.05. The molecule has 0 atom stereocenters. The molecule has 2 heterocycles. The van der Waals surface area contributed by atoms with E-state index in [9.17, 15) is 14.4 Å².